The average molecular weight is 557 g/mol. The van der Waals surface area contributed by atoms with Crippen LogP contribution in [0.5, 0.6) is 0 Å². The van der Waals surface area contributed by atoms with Crippen molar-refractivity contribution in [3.63, 3.8) is 0 Å². The zero-order valence-corrected chi connectivity index (χ0v) is 23.2. The third kappa shape index (κ3) is 6.44. The van der Waals surface area contributed by atoms with Crippen molar-refractivity contribution in [2.75, 3.05) is 84.1 Å². The number of nitrogens with zero attached hydrogens (tertiary/aromatic N) is 3. The molecule has 41 heavy (non-hydrogen) atoms. The molecule has 0 amide bonds. The molecular weight excluding hydrogens is 520 g/mol. The lowest BCUT2D eigenvalue weighted by Gasteiger charge is -2.26. The van der Waals surface area contributed by atoms with Crippen molar-refractivity contribution in [2.45, 2.75) is 0 Å². The van der Waals surface area contributed by atoms with Crippen LogP contribution in [0.2, 0.25) is 0 Å². The van der Waals surface area contributed by atoms with Crippen molar-refractivity contribution in [1.29, 1.82) is 0 Å². The summed E-state index contributed by atoms with van der Waals surface area (Å²) in [6, 6.07) is 19.1. The first kappa shape index (κ1) is 27.4. The molecule has 3 heterocycles. The lowest BCUT2D eigenvalue weighted by atomic mass is 9.90. The molecule has 2 aromatic carbocycles. The van der Waals surface area contributed by atoms with E-state index in [4.69, 9.17) is 18.9 Å². The Kier molecular flexibility index (Phi) is 8.57. The quantitative estimate of drug-likeness (QED) is 0.300. The van der Waals surface area contributed by atoms with Crippen molar-refractivity contribution in [2.24, 2.45) is 4.99 Å². The van der Waals surface area contributed by atoms with Crippen LogP contribution in [0.1, 0.15) is 10.4 Å². The van der Waals surface area contributed by atoms with Gasteiger partial charge in [-0.05, 0) is 35.9 Å². The van der Waals surface area contributed by atoms with Gasteiger partial charge in [0.1, 0.15) is 11.3 Å². The van der Waals surface area contributed by atoms with Crippen LogP contribution >= 0.6 is 0 Å². The molecule has 0 spiro atoms. The van der Waals surface area contributed by atoms with Crippen LogP contribution in [0.3, 0.4) is 0 Å². The molecule has 4 aliphatic rings. The first-order valence-corrected chi connectivity index (χ1v) is 14.3. The van der Waals surface area contributed by atoms with E-state index in [9.17, 15) is 9.90 Å². The SMILES string of the molecule is O=C(O)c1ccccc1-c1c2ccc(=NCCN3CCOCC3)cc-2oc2cc(NCCN3CCOCC3)ccc12. The zero-order chi connectivity index (χ0) is 28.0. The van der Waals surface area contributed by atoms with E-state index >= 15 is 0 Å². The summed E-state index contributed by atoms with van der Waals surface area (Å²) in [5.41, 5.74) is 4.27. The van der Waals surface area contributed by atoms with Gasteiger partial charge in [0.15, 0.2) is 0 Å². The summed E-state index contributed by atoms with van der Waals surface area (Å²) in [4.78, 5) is 21.8. The summed E-state index contributed by atoms with van der Waals surface area (Å²) in [6.07, 6.45) is 0. The predicted octanol–water partition coefficient (Wildman–Crippen LogP) is 3.88. The highest BCUT2D eigenvalue weighted by Crippen LogP contribution is 2.41. The van der Waals surface area contributed by atoms with E-state index in [1.807, 2.05) is 48.5 Å². The van der Waals surface area contributed by atoms with Crippen LogP contribution in [0.25, 0.3) is 33.4 Å². The molecule has 214 valence electrons. The van der Waals surface area contributed by atoms with Crippen LogP contribution in [0.4, 0.5) is 5.69 Å². The number of carbonyl (C=O) groups is 1. The summed E-state index contributed by atoms with van der Waals surface area (Å²) < 4.78 is 17.4. The zero-order valence-electron chi connectivity index (χ0n) is 23.2. The van der Waals surface area contributed by atoms with Gasteiger partial charge in [-0.3, -0.25) is 14.8 Å². The molecule has 0 aromatic heterocycles. The van der Waals surface area contributed by atoms with Crippen molar-refractivity contribution in [3.05, 3.63) is 71.6 Å². The fourth-order valence-electron chi connectivity index (χ4n) is 5.59. The molecule has 9 nitrogen and oxygen atoms in total. The first-order chi connectivity index (χ1) is 20.2. The highest BCUT2D eigenvalue weighted by molar-refractivity contribution is 6.07. The fourth-order valence-corrected chi connectivity index (χ4v) is 5.59. The summed E-state index contributed by atoms with van der Waals surface area (Å²) in [5, 5.41) is 15.2. The molecule has 2 N–H and O–H groups in total. The van der Waals surface area contributed by atoms with E-state index in [0.29, 0.717) is 23.5 Å². The maximum Gasteiger partial charge on any atom is 0.336 e. The number of carboxylic acids is 1. The number of fused-ring (bicyclic) bond motifs is 2. The second-order valence-corrected chi connectivity index (χ2v) is 10.4. The Hall–Kier alpha value is -3.76. The molecule has 0 atom stereocenters. The van der Waals surface area contributed by atoms with Gasteiger partial charge in [0.2, 0.25) is 0 Å². The summed E-state index contributed by atoms with van der Waals surface area (Å²) >= 11 is 0. The van der Waals surface area contributed by atoms with Gasteiger partial charge in [-0.1, -0.05) is 18.2 Å². The molecule has 3 aliphatic heterocycles. The van der Waals surface area contributed by atoms with Crippen molar-refractivity contribution in [3.8, 4) is 22.5 Å². The Balaban J connectivity index is 1.36. The van der Waals surface area contributed by atoms with Crippen LogP contribution in [0.15, 0.2) is 70.1 Å². The van der Waals surface area contributed by atoms with E-state index < -0.39 is 5.97 Å². The number of ether oxygens (including phenoxy) is 2. The molecule has 0 radical (unpaired) electrons. The number of anilines is 1. The van der Waals surface area contributed by atoms with Crippen LogP contribution in [-0.2, 0) is 9.47 Å². The lowest BCUT2D eigenvalue weighted by molar-refractivity contribution is 0.0393. The average Bonchev–Trinajstić information content (AvgIpc) is 3.01. The number of morpholine rings is 2. The second-order valence-electron chi connectivity index (χ2n) is 10.4. The molecule has 2 fully saturated rings. The van der Waals surface area contributed by atoms with Gasteiger partial charge >= 0.3 is 5.97 Å². The van der Waals surface area contributed by atoms with Gasteiger partial charge in [0.25, 0.3) is 0 Å². The van der Waals surface area contributed by atoms with Gasteiger partial charge in [0.05, 0.1) is 43.9 Å². The van der Waals surface area contributed by atoms with Crippen molar-refractivity contribution in [1.82, 2.24) is 9.80 Å². The Morgan fingerprint density at radius 3 is 2.34 bits per heavy atom. The third-order valence-electron chi connectivity index (χ3n) is 7.81. The summed E-state index contributed by atoms with van der Waals surface area (Å²) in [6.45, 7) is 10.2. The summed E-state index contributed by atoms with van der Waals surface area (Å²) in [7, 11) is 0. The molecule has 9 heteroatoms. The maximum absolute atomic E-state index is 12.2. The molecule has 0 saturated carbocycles. The summed E-state index contributed by atoms with van der Waals surface area (Å²) in [5.74, 6) is -0.287. The Morgan fingerprint density at radius 2 is 1.59 bits per heavy atom. The number of nitrogens with one attached hydrogen (secondary N) is 1. The number of aromatic carboxylic acids is 1. The maximum atomic E-state index is 12.2. The molecule has 6 rings (SSSR count). The third-order valence-corrected chi connectivity index (χ3v) is 7.81. The molecular formula is C32H36N4O5. The monoisotopic (exact) mass is 556 g/mol. The van der Waals surface area contributed by atoms with Gasteiger partial charge < -0.3 is 24.3 Å². The highest BCUT2D eigenvalue weighted by Gasteiger charge is 2.21. The minimum atomic E-state index is -0.959. The Morgan fingerprint density at radius 1 is 0.854 bits per heavy atom. The molecule has 0 unspecified atom stereocenters. The number of rotatable bonds is 9. The molecule has 2 aromatic rings. The van der Waals surface area contributed by atoms with E-state index in [-0.39, 0.29) is 5.56 Å². The standard InChI is InChI=1S/C32H36N4O5/c37-32(38)26-4-2-1-3-25(26)31-27-7-5-23(33-9-11-35-13-17-39-18-14-35)21-29(27)41-30-22-24(6-8-28(30)31)34-10-12-36-15-19-40-20-16-36/h1-8,21-22,33H,9-20H2,(H,37,38). The van der Waals surface area contributed by atoms with E-state index in [0.717, 1.165) is 99.8 Å². The Bertz CT molecular complexity index is 1540. The van der Waals surface area contributed by atoms with Gasteiger partial charge in [-0.15, -0.1) is 0 Å². The first-order valence-electron chi connectivity index (χ1n) is 14.3. The van der Waals surface area contributed by atoms with Crippen molar-refractivity contribution >= 4 is 22.6 Å². The fraction of sp³-hybridized carbons (Fsp3) is 0.375. The van der Waals surface area contributed by atoms with Crippen LogP contribution < -0.4 is 10.7 Å². The molecule has 2 saturated heterocycles. The van der Waals surface area contributed by atoms with Gasteiger partial charge in [-0.25, -0.2) is 4.79 Å². The topological polar surface area (TPSA) is 99.8 Å². The largest absolute Gasteiger partial charge is 0.478 e. The van der Waals surface area contributed by atoms with E-state index in [2.05, 4.69) is 15.1 Å². The van der Waals surface area contributed by atoms with Crippen molar-refractivity contribution < 1.29 is 23.8 Å². The smallest absolute Gasteiger partial charge is 0.336 e. The lowest BCUT2D eigenvalue weighted by Crippen LogP contribution is -2.38. The number of hydrogen-bond donors (Lipinski definition) is 2. The molecule has 1 aliphatic carbocycles. The number of benzene rings is 3. The second kappa shape index (κ2) is 12.8. The Labute approximate surface area is 239 Å². The normalized spacial score (nSPS) is 17.3. The van der Waals surface area contributed by atoms with Crippen LogP contribution in [0, 0.1) is 0 Å². The minimum Gasteiger partial charge on any atom is -0.478 e. The van der Waals surface area contributed by atoms with Crippen LogP contribution in [-0.4, -0.2) is 99.7 Å². The number of carboxylic acid groups (broad SMARTS) is 1. The minimum absolute atomic E-state index is 0.258. The van der Waals surface area contributed by atoms with Gasteiger partial charge in [0, 0.05) is 80.1 Å². The van der Waals surface area contributed by atoms with Gasteiger partial charge in [-0.2, -0.15) is 0 Å². The van der Waals surface area contributed by atoms with E-state index in [1.54, 1.807) is 12.1 Å². The predicted molar refractivity (Wildman–Crippen MR) is 159 cm³/mol. The van der Waals surface area contributed by atoms with E-state index in [1.165, 1.54) is 0 Å². The highest BCUT2D eigenvalue weighted by atomic mass is 16.5. The number of hydrogen-bond acceptors (Lipinski definition) is 8. The molecule has 0 bridgehead atoms.